The number of alkyl halides is 3. The number of halogens is 3. The van der Waals surface area contributed by atoms with Crippen molar-refractivity contribution in [2.75, 3.05) is 6.54 Å². The van der Waals surface area contributed by atoms with Crippen LogP contribution in [0.15, 0.2) is 30.5 Å². The Morgan fingerprint density at radius 1 is 1.30 bits per heavy atom. The molecule has 1 heterocycles. The number of rotatable bonds is 4. The minimum atomic E-state index is -4.60. The quantitative estimate of drug-likeness (QED) is 0.863. The zero-order valence-corrected chi connectivity index (χ0v) is 10.3. The van der Waals surface area contributed by atoms with E-state index in [2.05, 4.69) is 10.3 Å². The molecule has 8 heteroatoms. The smallest absolute Gasteiger partial charge is 0.329 e. The van der Waals surface area contributed by atoms with Gasteiger partial charge in [-0.25, -0.2) is 0 Å². The van der Waals surface area contributed by atoms with E-state index in [4.69, 9.17) is 5.73 Å². The summed E-state index contributed by atoms with van der Waals surface area (Å²) in [5.41, 5.74) is 3.74. The van der Waals surface area contributed by atoms with Gasteiger partial charge in [0.05, 0.1) is 18.3 Å². The molecule has 0 spiro atoms. The number of hydrogen-bond acceptors (Lipinski definition) is 4. The van der Waals surface area contributed by atoms with Gasteiger partial charge in [-0.1, -0.05) is 23.4 Å². The summed E-state index contributed by atoms with van der Waals surface area (Å²) >= 11 is 0. The van der Waals surface area contributed by atoms with Crippen molar-refractivity contribution in [1.29, 1.82) is 0 Å². The lowest BCUT2D eigenvalue weighted by Gasteiger charge is -2.10. The maximum Gasteiger partial charge on any atom is 0.417 e. The van der Waals surface area contributed by atoms with Gasteiger partial charge in [0.25, 0.3) is 0 Å². The Bertz CT molecular complexity index is 621. The molecule has 1 aromatic carbocycles. The Balaban J connectivity index is 2.38. The van der Waals surface area contributed by atoms with Gasteiger partial charge in [-0.2, -0.15) is 13.2 Å². The van der Waals surface area contributed by atoms with Gasteiger partial charge in [0.2, 0.25) is 5.78 Å². The molecule has 0 radical (unpaired) electrons. The topological polar surface area (TPSA) is 73.8 Å². The highest BCUT2D eigenvalue weighted by molar-refractivity contribution is 6.08. The zero-order valence-electron chi connectivity index (χ0n) is 10.3. The predicted molar refractivity (Wildman–Crippen MR) is 64.0 cm³/mol. The van der Waals surface area contributed by atoms with E-state index < -0.39 is 23.1 Å². The van der Waals surface area contributed by atoms with Gasteiger partial charge in [-0.15, -0.1) is 5.10 Å². The van der Waals surface area contributed by atoms with E-state index in [0.29, 0.717) is 6.54 Å². The average Bonchev–Trinajstić information content (AvgIpc) is 2.86. The second-order valence-corrected chi connectivity index (χ2v) is 4.03. The normalized spacial score (nSPS) is 11.6. The molecular weight excluding hydrogens is 273 g/mol. The van der Waals surface area contributed by atoms with Gasteiger partial charge < -0.3 is 5.73 Å². The summed E-state index contributed by atoms with van der Waals surface area (Å²) in [4.78, 5) is 12.1. The number of aromatic nitrogens is 3. The number of carbonyl (C=O) groups excluding carboxylic acids is 1. The van der Waals surface area contributed by atoms with E-state index in [9.17, 15) is 18.0 Å². The molecule has 0 saturated heterocycles. The molecule has 0 atom stereocenters. The van der Waals surface area contributed by atoms with Gasteiger partial charge in [0.1, 0.15) is 0 Å². The summed E-state index contributed by atoms with van der Waals surface area (Å²) < 4.78 is 39.8. The molecule has 106 valence electrons. The second kappa shape index (κ2) is 5.41. The molecule has 0 fully saturated rings. The highest BCUT2D eigenvalue weighted by Crippen LogP contribution is 2.32. The molecular formula is C12H11F3N4O. The fourth-order valence-corrected chi connectivity index (χ4v) is 1.71. The molecule has 0 aliphatic carbocycles. The van der Waals surface area contributed by atoms with Gasteiger partial charge in [0.15, 0.2) is 5.69 Å². The molecule has 2 N–H and O–H groups in total. The van der Waals surface area contributed by atoms with Crippen molar-refractivity contribution in [2.45, 2.75) is 12.7 Å². The van der Waals surface area contributed by atoms with E-state index >= 15 is 0 Å². The van der Waals surface area contributed by atoms with Crippen LogP contribution >= 0.6 is 0 Å². The summed E-state index contributed by atoms with van der Waals surface area (Å²) in [6.07, 6.45) is -3.32. The third-order valence-electron chi connectivity index (χ3n) is 2.61. The van der Waals surface area contributed by atoms with Crippen molar-refractivity contribution < 1.29 is 18.0 Å². The third-order valence-corrected chi connectivity index (χ3v) is 2.61. The molecule has 2 aromatic rings. The van der Waals surface area contributed by atoms with Crippen molar-refractivity contribution in [3.63, 3.8) is 0 Å². The number of ketones is 1. The lowest BCUT2D eigenvalue weighted by molar-refractivity contribution is -0.137. The number of nitrogens with zero attached hydrogens (tertiary/aromatic N) is 3. The summed E-state index contributed by atoms with van der Waals surface area (Å²) in [5.74, 6) is -0.818. The number of benzene rings is 1. The fraction of sp³-hybridized carbons (Fsp3) is 0.250. The van der Waals surface area contributed by atoms with Crippen LogP contribution in [-0.2, 0) is 12.7 Å². The van der Waals surface area contributed by atoms with Gasteiger partial charge >= 0.3 is 6.18 Å². The molecule has 0 saturated carbocycles. The minimum absolute atomic E-state index is 0.143. The van der Waals surface area contributed by atoms with Crippen molar-refractivity contribution >= 4 is 5.78 Å². The summed E-state index contributed by atoms with van der Waals surface area (Å²) in [6, 6.07) is 4.57. The summed E-state index contributed by atoms with van der Waals surface area (Å²) in [6.45, 7) is 0.622. The van der Waals surface area contributed by atoms with Gasteiger partial charge in [-0.3, -0.25) is 9.48 Å². The number of nitrogens with two attached hydrogens (primary N) is 1. The van der Waals surface area contributed by atoms with Crippen LogP contribution in [0.3, 0.4) is 0 Å². The second-order valence-electron chi connectivity index (χ2n) is 4.03. The predicted octanol–water partition coefficient (Wildman–Crippen LogP) is 1.49. The Kier molecular flexibility index (Phi) is 3.84. The highest BCUT2D eigenvalue weighted by Gasteiger charge is 2.35. The monoisotopic (exact) mass is 284 g/mol. The highest BCUT2D eigenvalue weighted by atomic mass is 19.4. The largest absolute Gasteiger partial charge is 0.417 e. The Morgan fingerprint density at radius 3 is 2.65 bits per heavy atom. The number of hydrogen-bond donors (Lipinski definition) is 1. The van der Waals surface area contributed by atoms with Crippen LogP contribution in [0.2, 0.25) is 0 Å². The van der Waals surface area contributed by atoms with Crippen LogP contribution < -0.4 is 5.73 Å². The summed E-state index contributed by atoms with van der Waals surface area (Å²) in [5, 5.41) is 7.20. The van der Waals surface area contributed by atoms with Crippen LogP contribution in [0.5, 0.6) is 0 Å². The third kappa shape index (κ3) is 2.85. The lowest BCUT2D eigenvalue weighted by atomic mass is 10.0. The Hall–Kier alpha value is -2.22. The first kappa shape index (κ1) is 14.2. The molecule has 0 unspecified atom stereocenters. The summed E-state index contributed by atoms with van der Waals surface area (Å²) in [7, 11) is 0. The van der Waals surface area contributed by atoms with Crippen molar-refractivity contribution in [3.05, 3.63) is 47.3 Å². The molecule has 2 rings (SSSR count). The first-order valence-electron chi connectivity index (χ1n) is 5.74. The first-order valence-corrected chi connectivity index (χ1v) is 5.74. The zero-order chi connectivity index (χ0) is 14.8. The van der Waals surface area contributed by atoms with Gasteiger partial charge in [0, 0.05) is 12.1 Å². The van der Waals surface area contributed by atoms with Crippen LogP contribution in [0.1, 0.15) is 21.6 Å². The Labute approximate surface area is 112 Å². The standard InChI is InChI=1S/C12H11F3N4O/c13-12(14,15)9-4-2-1-3-8(9)11(20)10-7-19(6-5-16)18-17-10/h1-4,7H,5-6,16H2. The van der Waals surface area contributed by atoms with Crippen LogP contribution in [0.25, 0.3) is 0 Å². The molecule has 0 aliphatic rings. The SMILES string of the molecule is NCCn1cc(C(=O)c2ccccc2C(F)(F)F)nn1. The molecule has 0 bridgehead atoms. The van der Waals surface area contributed by atoms with Crippen LogP contribution in [0, 0.1) is 0 Å². The van der Waals surface area contributed by atoms with E-state index in [0.717, 1.165) is 12.1 Å². The van der Waals surface area contributed by atoms with Crippen LogP contribution in [-0.4, -0.2) is 27.3 Å². The van der Waals surface area contributed by atoms with E-state index in [1.54, 1.807) is 0 Å². The minimum Gasteiger partial charge on any atom is -0.329 e. The van der Waals surface area contributed by atoms with E-state index in [1.165, 1.54) is 23.0 Å². The maximum absolute atomic E-state index is 12.8. The maximum atomic E-state index is 12.8. The van der Waals surface area contributed by atoms with Gasteiger partial charge in [-0.05, 0) is 6.07 Å². The van der Waals surface area contributed by atoms with E-state index in [1.807, 2.05) is 0 Å². The van der Waals surface area contributed by atoms with Crippen molar-refractivity contribution in [3.8, 4) is 0 Å². The Morgan fingerprint density at radius 2 is 2.00 bits per heavy atom. The van der Waals surface area contributed by atoms with Crippen LogP contribution in [0.4, 0.5) is 13.2 Å². The lowest BCUT2D eigenvalue weighted by Crippen LogP contribution is -2.14. The first-order chi connectivity index (χ1) is 9.43. The molecule has 1 aromatic heterocycles. The average molecular weight is 284 g/mol. The molecule has 0 aliphatic heterocycles. The molecule has 20 heavy (non-hydrogen) atoms. The van der Waals surface area contributed by atoms with Crippen molar-refractivity contribution in [2.24, 2.45) is 5.73 Å². The molecule has 5 nitrogen and oxygen atoms in total. The van der Waals surface area contributed by atoms with Crippen molar-refractivity contribution in [1.82, 2.24) is 15.0 Å². The number of carbonyl (C=O) groups is 1. The van der Waals surface area contributed by atoms with E-state index in [-0.39, 0.29) is 12.2 Å². The molecule has 0 amide bonds. The fourth-order valence-electron chi connectivity index (χ4n) is 1.71.